The molecular weight excluding hydrogens is 448 g/mol. The van der Waals surface area contributed by atoms with Crippen LogP contribution in [0.1, 0.15) is 59.4 Å². The first-order valence-electron chi connectivity index (χ1n) is 12.3. The quantitative estimate of drug-likeness (QED) is 0.330. The van der Waals surface area contributed by atoms with Gasteiger partial charge in [0.2, 0.25) is 8.32 Å². The Morgan fingerprint density at radius 1 is 0.853 bits per heavy atom. The zero-order chi connectivity index (χ0) is 25.4. The summed E-state index contributed by atoms with van der Waals surface area (Å²) in [5, 5.41) is 0. The van der Waals surface area contributed by atoms with E-state index in [9.17, 15) is 9.59 Å². The van der Waals surface area contributed by atoms with Crippen LogP contribution >= 0.6 is 0 Å². The largest absolute Gasteiger partial charge is 0.500 e. The molecule has 1 saturated carbocycles. The zero-order valence-corrected chi connectivity index (χ0v) is 23.0. The highest BCUT2D eigenvalue weighted by Gasteiger charge is 2.55. The maximum atomic E-state index is 13.5. The lowest BCUT2D eigenvalue weighted by Crippen LogP contribution is -2.56. The molecule has 0 spiro atoms. The fraction of sp³-hybridized carbons (Fsp3) is 0.630. The standard InChI is InChI=1S/C27H40O6Si/c1-15(2)34(16(3)4,17(5)6)33-24-13-19-20(28)14-23(32-9)26(27(19)29)25(24)18-10-11-21(30-7)22(12-18)31-8/h10-12,14-17,19,24-26H,13H2,1-9H3/t19-,24-,25+,26-/m0/s1. The van der Waals surface area contributed by atoms with Crippen molar-refractivity contribution in [1.29, 1.82) is 0 Å². The minimum absolute atomic E-state index is 0.0742. The number of allylic oxidation sites excluding steroid dienone is 2. The number of carbonyl (C=O) groups excluding carboxylic acids is 2. The van der Waals surface area contributed by atoms with Crippen LogP contribution in [0.15, 0.2) is 30.0 Å². The van der Waals surface area contributed by atoms with Crippen molar-refractivity contribution in [2.24, 2.45) is 11.8 Å². The molecule has 1 aromatic carbocycles. The van der Waals surface area contributed by atoms with Crippen molar-refractivity contribution in [3.8, 4) is 11.5 Å². The number of hydrogen-bond donors (Lipinski definition) is 0. The molecule has 6 nitrogen and oxygen atoms in total. The lowest BCUT2D eigenvalue weighted by Gasteiger charge is -2.50. The molecule has 1 aromatic rings. The van der Waals surface area contributed by atoms with E-state index in [1.165, 1.54) is 13.2 Å². The fourth-order valence-electron chi connectivity index (χ4n) is 6.45. The van der Waals surface area contributed by atoms with Gasteiger partial charge in [-0.15, -0.1) is 0 Å². The number of ketones is 2. The first kappa shape index (κ1) is 26.5. The normalized spacial score (nSPS) is 25.1. The summed E-state index contributed by atoms with van der Waals surface area (Å²) >= 11 is 0. The van der Waals surface area contributed by atoms with Crippen LogP contribution in [0.3, 0.4) is 0 Å². The molecule has 2 aliphatic rings. The average molecular weight is 489 g/mol. The fourth-order valence-corrected chi connectivity index (χ4v) is 12.0. The maximum Gasteiger partial charge on any atom is 0.200 e. The summed E-state index contributed by atoms with van der Waals surface area (Å²) in [7, 11) is 2.44. The summed E-state index contributed by atoms with van der Waals surface area (Å²) in [6, 6.07) is 5.77. The van der Waals surface area contributed by atoms with Crippen LogP contribution in [-0.4, -0.2) is 47.3 Å². The van der Waals surface area contributed by atoms with Crippen LogP contribution in [0.2, 0.25) is 16.6 Å². The van der Waals surface area contributed by atoms with E-state index in [4.69, 9.17) is 18.6 Å². The van der Waals surface area contributed by atoms with E-state index in [0.717, 1.165) is 5.56 Å². The molecule has 7 heteroatoms. The number of hydrogen-bond acceptors (Lipinski definition) is 6. The third-order valence-corrected chi connectivity index (χ3v) is 14.0. The van der Waals surface area contributed by atoms with E-state index in [2.05, 4.69) is 41.5 Å². The smallest absolute Gasteiger partial charge is 0.200 e. The Labute approximate surface area is 205 Å². The van der Waals surface area contributed by atoms with Gasteiger partial charge >= 0.3 is 0 Å². The van der Waals surface area contributed by atoms with E-state index in [1.54, 1.807) is 14.2 Å². The van der Waals surface area contributed by atoms with Crippen molar-refractivity contribution < 1.29 is 28.2 Å². The van der Waals surface area contributed by atoms with Crippen LogP contribution in [0.4, 0.5) is 0 Å². The second-order valence-electron chi connectivity index (χ2n) is 10.4. The first-order valence-corrected chi connectivity index (χ1v) is 14.4. The minimum Gasteiger partial charge on any atom is -0.500 e. The van der Waals surface area contributed by atoms with Crippen molar-refractivity contribution in [2.45, 2.75) is 76.6 Å². The number of rotatable bonds is 9. The van der Waals surface area contributed by atoms with E-state index >= 15 is 0 Å². The first-order chi connectivity index (χ1) is 16.0. The van der Waals surface area contributed by atoms with E-state index < -0.39 is 20.2 Å². The molecule has 0 unspecified atom stereocenters. The van der Waals surface area contributed by atoms with Gasteiger partial charge in [-0.2, -0.15) is 0 Å². The summed E-state index contributed by atoms with van der Waals surface area (Å²) < 4.78 is 23.9. The number of benzene rings is 1. The summed E-state index contributed by atoms with van der Waals surface area (Å²) in [6.45, 7) is 13.5. The highest BCUT2D eigenvalue weighted by molar-refractivity contribution is 6.77. The Bertz CT molecular complexity index is 929. The van der Waals surface area contributed by atoms with Crippen molar-refractivity contribution >= 4 is 19.9 Å². The molecule has 0 amide bonds. The molecule has 0 aromatic heterocycles. The van der Waals surface area contributed by atoms with E-state index in [0.29, 0.717) is 40.3 Å². The Kier molecular flexibility index (Phi) is 7.98. The summed E-state index contributed by atoms with van der Waals surface area (Å²) in [4.78, 5) is 26.4. The van der Waals surface area contributed by atoms with Crippen molar-refractivity contribution in [2.75, 3.05) is 21.3 Å². The summed E-state index contributed by atoms with van der Waals surface area (Å²) in [5.74, 6) is -0.135. The van der Waals surface area contributed by atoms with Gasteiger partial charge in [0.05, 0.1) is 39.3 Å². The molecule has 0 saturated heterocycles. The predicted molar refractivity (Wildman–Crippen MR) is 135 cm³/mol. The number of methoxy groups -OCH3 is 3. The Morgan fingerprint density at radius 3 is 1.94 bits per heavy atom. The third kappa shape index (κ3) is 4.33. The molecule has 0 N–H and O–H groups in total. The summed E-state index contributed by atoms with van der Waals surface area (Å²) in [5.41, 5.74) is 2.06. The SMILES string of the molecule is COC1=CC(=O)[C@@H]2C[C@H](O[Si](C(C)C)(C(C)C)C(C)C)[C@@H](c3ccc(OC)c(OC)c3)[C@H]1C2=O. The lowest BCUT2D eigenvalue weighted by molar-refractivity contribution is -0.141. The van der Waals surface area contributed by atoms with E-state index in [-0.39, 0.29) is 23.6 Å². The van der Waals surface area contributed by atoms with Crippen LogP contribution in [0.5, 0.6) is 11.5 Å². The summed E-state index contributed by atoms with van der Waals surface area (Å²) in [6.07, 6.45) is 1.62. The van der Waals surface area contributed by atoms with Gasteiger partial charge in [-0.05, 0) is 40.7 Å². The topological polar surface area (TPSA) is 71.1 Å². The van der Waals surface area contributed by atoms with Gasteiger partial charge in [-0.25, -0.2) is 0 Å². The van der Waals surface area contributed by atoms with Gasteiger partial charge in [-0.1, -0.05) is 47.6 Å². The van der Waals surface area contributed by atoms with Crippen LogP contribution in [0, 0.1) is 11.8 Å². The lowest BCUT2D eigenvalue weighted by atomic mass is 9.64. The highest BCUT2D eigenvalue weighted by Crippen LogP contribution is 2.51. The molecule has 2 aliphatic carbocycles. The number of fused-ring (bicyclic) bond motifs is 2. The van der Waals surface area contributed by atoms with Gasteiger partial charge in [0.25, 0.3) is 0 Å². The zero-order valence-electron chi connectivity index (χ0n) is 22.0. The van der Waals surface area contributed by atoms with Crippen LogP contribution in [-0.2, 0) is 18.8 Å². The number of ether oxygens (including phenoxy) is 3. The van der Waals surface area contributed by atoms with Gasteiger partial charge in [0.15, 0.2) is 23.1 Å². The van der Waals surface area contributed by atoms with Gasteiger partial charge in [-0.3, -0.25) is 9.59 Å². The number of Topliss-reactive ketones (excluding diaryl/α,β-unsaturated/α-hetero) is 1. The molecule has 4 atom stereocenters. The Balaban J connectivity index is 2.20. The Morgan fingerprint density at radius 2 is 1.44 bits per heavy atom. The second-order valence-corrected chi connectivity index (χ2v) is 15.8. The van der Waals surface area contributed by atoms with Gasteiger partial charge < -0.3 is 18.6 Å². The Hall–Kier alpha value is -2.12. The third-order valence-electron chi connectivity index (χ3n) is 7.90. The van der Waals surface area contributed by atoms with Gasteiger partial charge in [0.1, 0.15) is 5.76 Å². The molecule has 3 rings (SSSR count). The highest BCUT2D eigenvalue weighted by atomic mass is 28.4. The van der Waals surface area contributed by atoms with Gasteiger partial charge in [0, 0.05) is 12.0 Å². The van der Waals surface area contributed by atoms with Crippen molar-refractivity contribution in [1.82, 2.24) is 0 Å². The van der Waals surface area contributed by atoms with Crippen LogP contribution < -0.4 is 9.47 Å². The average Bonchev–Trinajstić information content (AvgIpc) is 2.79. The second kappa shape index (κ2) is 10.2. The molecule has 0 heterocycles. The van der Waals surface area contributed by atoms with E-state index in [1.807, 2.05) is 18.2 Å². The maximum absolute atomic E-state index is 13.5. The minimum atomic E-state index is -2.29. The monoisotopic (exact) mass is 488 g/mol. The molecule has 1 fully saturated rings. The molecule has 34 heavy (non-hydrogen) atoms. The van der Waals surface area contributed by atoms with Crippen LogP contribution in [0.25, 0.3) is 0 Å². The molecule has 2 bridgehead atoms. The molecule has 0 aliphatic heterocycles. The number of carbonyl (C=O) groups is 2. The van der Waals surface area contributed by atoms with Crippen molar-refractivity contribution in [3.05, 3.63) is 35.6 Å². The molecule has 0 radical (unpaired) electrons. The molecule has 188 valence electrons. The van der Waals surface area contributed by atoms with Crippen molar-refractivity contribution in [3.63, 3.8) is 0 Å². The predicted octanol–water partition coefficient (Wildman–Crippen LogP) is 5.67. The molecular formula is C27H40O6Si.